The van der Waals surface area contributed by atoms with Gasteiger partial charge in [-0.05, 0) is 12.1 Å². The van der Waals surface area contributed by atoms with E-state index in [9.17, 15) is 9.18 Å². The van der Waals surface area contributed by atoms with Crippen molar-refractivity contribution in [3.05, 3.63) is 24.1 Å². The number of hydrogen-bond acceptors (Lipinski definition) is 4. The molecule has 1 rings (SSSR count). The minimum absolute atomic E-state index is 0.277. The van der Waals surface area contributed by atoms with Gasteiger partial charge < -0.3 is 5.11 Å². The maximum Gasteiger partial charge on any atom is 0.348 e. The first-order chi connectivity index (χ1) is 6.18. The second-order valence-corrected chi connectivity index (χ2v) is 2.07. The van der Waals surface area contributed by atoms with E-state index >= 15 is 0 Å². The molecule has 0 bridgehead atoms. The number of hydrogen-bond donors (Lipinski definition) is 2. The summed E-state index contributed by atoms with van der Waals surface area (Å²) in [6, 6.07) is 2.53. The van der Waals surface area contributed by atoms with Crippen LogP contribution >= 0.6 is 0 Å². The normalized spacial score (nSPS) is 10.2. The molecular formula is C7H6FN3O2. The fourth-order valence-electron chi connectivity index (χ4n) is 0.596. The second-order valence-electron chi connectivity index (χ2n) is 2.07. The van der Waals surface area contributed by atoms with Gasteiger partial charge in [-0.2, -0.15) is 5.10 Å². The van der Waals surface area contributed by atoms with Crippen molar-refractivity contribution in [3.63, 3.8) is 0 Å². The Labute approximate surface area is 72.9 Å². The van der Waals surface area contributed by atoms with Crippen LogP contribution in [0, 0.1) is 5.82 Å². The molecule has 0 saturated heterocycles. The van der Waals surface area contributed by atoms with Crippen molar-refractivity contribution in [2.24, 2.45) is 5.10 Å². The fourth-order valence-corrected chi connectivity index (χ4v) is 0.596. The zero-order valence-electron chi connectivity index (χ0n) is 6.44. The van der Waals surface area contributed by atoms with Gasteiger partial charge in [0.1, 0.15) is 17.8 Å². The lowest BCUT2D eigenvalue weighted by Crippen LogP contribution is -1.99. The van der Waals surface area contributed by atoms with Gasteiger partial charge in [-0.25, -0.2) is 14.2 Å². The number of hydrazone groups is 1. The topological polar surface area (TPSA) is 74.6 Å². The van der Waals surface area contributed by atoms with E-state index in [1.165, 1.54) is 12.1 Å². The number of carboxylic acids is 1. The number of carbonyl (C=O) groups is 1. The molecule has 13 heavy (non-hydrogen) atoms. The van der Waals surface area contributed by atoms with Gasteiger partial charge in [-0.3, -0.25) is 5.43 Å². The summed E-state index contributed by atoms with van der Waals surface area (Å²) >= 11 is 0. The Hall–Kier alpha value is -1.98. The molecule has 0 amide bonds. The standard InChI is InChI=1S/C7H6FN3O2/c8-5-1-2-6(9-3-5)11-10-4-7(12)13/h1-4H,(H,9,11)(H,12,13)/b10-4-. The molecule has 1 heterocycles. The van der Waals surface area contributed by atoms with Crippen molar-refractivity contribution in [2.45, 2.75) is 0 Å². The molecule has 0 aliphatic rings. The minimum Gasteiger partial charge on any atom is -0.477 e. The maximum atomic E-state index is 12.3. The van der Waals surface area contributed by atoms with Crippen LogP contribution < -0.4 is 5.43 Å². The van der Waals surface area contributed by atoms with Gasteiger partial charge in [-0.15, -0.1) is 0 Å². The third-order valence-corrected chi connectivity index (χ3v) is 1.08. The largest absolute Gasteiger partial charge is 0.477 e. The molecular weight excluding hydrogens is 177 g/mol. The molecule has 0 aliphatic carbocycles. The average Bonchev–Trinajstić information content (AvgIpc) is 2.08. The zero-order chi connectivity index (χ0) is 9.68. The summed E-state index contributed by atoms with van der Waals surface area (Å²) in [7, 11) is 0. The first-order valence-corrected chi connectivity index (χ1v) is 3.32. The third kappa shape index (κ3) is 3.28. The van der Waals surface area contributed by atoms with E-state index in [2.05, 4.69) is 15.5 Å². The first kappa shape index (κ1) is 9.11. The number of anilines is 1. The summed E-state index contributed by atoms with van der Waals surface area (Å²) in [6.07, 6.45) is 1.67. The zero-order valence-corrected chi connectivity index (χ0v) is 6.44. The number of halogens is 1. The lowest BCUT2D eigenvalue weighted by Gasteiger charge is -1.96. The van der Waals surface area contributed by atoms with Gasteiger partial charge >= 0.3 is 5.97 Å². The van der Waals surface area contributed by atoms with Crippen molar-refractivity contribution in [3.8, 4) is 0 Å². The number of nitrogens with one attached hydrogen (secondary N) is 1. The number of aromatic nitrogens is 1. The van der Waals surface area contributed by atoms with Crippen LogP contribution in [0.25, 0.3) is 0 Å². The van der Waals surface area contributed by atoms with Gasteiger partial charge in [0.2, 0.25) is 0 Å². The summed E-state index contributed by atoms with van der Waals surface area (Å²) < 4.78 is 12.3. The quantitative estimate of drug-likeness (QED) is 0.534. The highest BCUT2D eigenvalue weighted by molar-refractivity contribution is 6.22. The Morgan fingerprint density at radius 1 is 1.69 bits per heavy atom. The van der Waals surface area contributed by atoms with Gasteiger partial charge in [0.25, 0.3) is 0 Å². The molecule has 1 aromatic rings. The smallest absolute Gasteiger partial charge is 0.348 e. The molecule has 1 aromatic heterocycles. The van der Waals surface area contributed by atoms with Crippen LogP contribution in [0.4, 0.5) is 10.2 Å². The number of aliphatic carboxylic acids is 1. The van der Waals surface area contributed by atoms with E-state index in [4.69, 9.17) is 5.11 Å². The van der Waals surface area contributed by atoms with Crippen molar-refractivity contribution in [1.82, 2.24) is 4.98 Å². The van der Waals surface area contributed by atoms with Crippen LogP contribution in [0.15, 0.2) is 23.4 Å². The van der Waals surface area contributed by atoms with Gasteiger partial charge in [0, 0.05) is 0 Å². The van der Waals surface area contributed by atoms with Gasteiger partial charge in [0.15, 0.2) is 0 Å². The first-order valence-electron chi connectivity index (χ1n) is 3.32. The van der Waals surface area contributed by atoms with Crippen LogP contribution in [-0.2, 0) is 4.79 Å². The van der Waals surface area contributed by atoms with E-state index in [1.807, 2.05) is 0 Å². The Kier molecular flexibility index (Phi) is 2.91. The van der Waals surface area contributed by atoms with Crippen LogP contribution in [0.3, 0.4) is 0 Å². The molecule has 68 valence electrons. The molecule has 2 N–H and O–H groups in total. The highest BCUT2D eigenvalue weighted by atomic mass is 19.1. The molecule has 0 saturated carbocycles. The molecule has 0 spiro atoms. The fraction of sp³-hybridized carbons (Fsp3) is 0. The molecule has 0 atom stereocenters. The Morgan fingerprint density at radius 2 is 2.46 bits per heavy atom. The summed E-state index contributed by atoms with van der Waals surface area (Å²) in [5, 5.41) is 11.5. The predicted octanol–water partition coefficient (Wildman–Crippen LogP) is 0.703. The van der Waals surface area contributed by atoms with E-state index in [1.54, 1.807) is 0 Å². The van der Waals surface area contributed by atoms with Gasteiger partial charge in [0.05, 0.1) is 6.20 Å². The van der Waals surface area contributed by atoms with Crippen LogP contribution in [0.5, 0.6) is 0 Å². The lowest BCUT2D eigenvalue weighted by molar-refractivity contribution is -0.128. The third-order valence-electron chi connectivity index (χ3n) is 1.08. The summed E-state index contributed by atoms with van der Waals surface area (Å²) in [4.78, 5) is 13.6. The predicted molar refractivity (Wildman–Crippen MR) is 43.9 cm³/mol. The highest BCUT2D eigenvalue weighted by Crippen LogP contribution is 2.02. The van der Waals surface area contributed by atoms with E-state index in [0.717, 1.165) is 6.20 Å². The molecule has 0 aliphatic heterocycles. The number of carboxylic acid groups (broad SMARTS) is 1. The summed E-state index contributed by atoms with van der Waals surface area (Å²) in [5.41, 5.74) is 2.31. The maximum absolute atomic E-state index is 12.3. The Bertz CT molecular complexity index is 323. The number of rotatable bonds is 3. The van der Waals surface area contributed by atoms with Crippen LogP contribution in [0.1, 0.15) is 0 Å². The SMILES string of the molecule is O=C(O)/C=N\Nc1ccc(F)cn1. The van der Waals surface area contributed by atoms with Crippen LogP contribution in [-0.4, -0.2) is 22.3 Å². The molecule has 0 fully saturated rings. The summed E-state index contributed by atoms with van der Waals surface area (Å²) in [6.45, 7) is 0. The van der Waals surface area contributed by atoms with E-state index in [0.29, 0.717) is 6.21 Å². The van der Waals surface area contributed by atoms with E-state index in [-0.39, 0.29) is 5.82 Å². The lowest BCUT2D eigenvalue weighted by atomic mass is 10.4. The van der Waals surface area contributed by atoms with Crippen molar-refractivity contribution >= 4 is 18.0 Å². The molecule has 0 aromatic carbocycles. The van der Waals surface area contributed by atoms with E-state index < -0.39 is 11.8 Å². The van der Waals surface area contributed by atoms with Crippen molar-refractivity contribution < 1.29 is 14.3 Å². The second kappa shape index (κ2) is 4.15. The minimum atomic E-state index is -1.17. The Morgan fingerprint density at radius 3 is 3.00 bits per heavy atom. The summed E-state index contributed by atoms with van der Waals surface area (Å²) in [5.74, 6) is -1.36. The number of pyridine rings is 1. The van der Waals surface area contributed by atoms with Crippen molar-refractivity contribution in [1.29, 1.82) is 0 Å². The Balaban J connectivity index is 2.55. The van der Waals surface area contributed by atoms with Gasteiger partial charge in [-0.1, -0.05) is 0 Å². The van der Waals surface area contributed by atoms with Crippen molar-refractivity contribution in [2.75, 3.05) is 5.43 Å². The van der Waals surface area contributed by atoms with Crippen LogP contribution in [0.2, 0.25) is 0 Å². The molecule has 5 nitrogen and oxygen atoms in total. The average molecular weight is 183 g/mol. The number of nitrogens with zero attached hydrogens (tertiary/aromatic N) is 2. The molecule has 6 heteroatoms. The molecule has 0 radical (unpaired) electrons. The monoisotopic (exact) mass is 183 g/mol. The molecule has 0 unspecified atom stereocenters. The highest BCUT2D eigenvalue weighted by Gasteiger charge is 1.92.